The lowest BCUT2D eigenvalue weighted by Gasteiger charge is -2.30. The number of hydrogen-bond donors (Lipinski definition) is 0. The average Bonchev–Trinajstić information content (AvgIpc) is 2.56. The van der Waals surface area contributed by atoms with Gasteiger partial charge in [0.15, 0.2) is 0 Å². The number of aromatic nitrogens is 1. The van der Waals surface area contributed by atoms with Gasteiger partial charge in [-0.1, -0.05) is 30.3 Å². The normalized spacial score (nSPS) is 14.5. The topological polar surface area (TPSA) is 16.1 Å². The van der Waals surface area contributed by atoms with Gasteiger partial charge in [-0.2, -0.15) is 0 Å². The first-order valence-corrected chi connectivity index (χ1v) is 8.07. The SMILES string of the molecule is Cc1cnc(CCc2ccccc2)cc1N1CCCCC1.Cl. The molecule has 2 aromatic rings. The van der Waals surface area contributed by atoms with Gasteiger partial charge < -0.3 is 4.90 Å². The third-order valence-electron chi connectivity index (χ3n) is 4.34. The van der Waals surface area contributed by atoms with E-state index in [2.05, 4.69) is 53.2 Å². The van der Waals surface area contributed by atoms with Crippen LogP contribution in [0.4, 0.5) is 5.69 Å². The predicted molar refractivity (Wildman–Crippen MR) is 96.1 cm³/mol. The molecule has 1 aliphatic heterocycles. The molecule has 1 fully saturated rings. The van der Waals surface area contributed by atoms with E-state index in [4.69, 9.17) is 0 Å². The van der Waals surface area contributed by atoms with Gasteiger partial charge in [-0.3, -0.25) is 4.98 Å². The number of nitrogens with zero attached hydrogens (tertiary/aromatic N) is 2. The van der Waals surface area contributed by atoms with Crippen LogP contribution in [0.25, 0.3) is 0 Å². The van der Waals surface area contributed by atoms with Crippen LogP contribution in [0.5, 0.6) is 0 Å². The fourth-order valence-electron chi connectivity index (χ4n) is 3.08. The zero-order valence-electron chi connectivity index (χ0n) is 13.3. The zero-order chi connectivity index (χ0) is 14.5. The third-order valence-corrected chi connectivity index (χ3v) is 4.34. The number of aryl methyl sites for hydroxylation is 3. The molecule has 22 heavy (non-hydrogen) atoms. The van der Waals surface area contributed by atoms with Gasteiger partial charge in [0.1, 0.15) is 0 Å². The Hall–Kier alpha value is -1.54. The maximum Gasteiger partial charge on any atom is 0.0429 e. The lowest BCUT2D eigenvalue weighted by Crippen LogP contribution is -2.30. The first-order chi connectivity index (χ1) is 10.3. The van der Waals surface area contributed by atoms with Crippen molar-refractivity contribution in [2.24, 2.45) is 0 Å². The highest BCUT2D eigenvalue weighted by Gasteiger charge is 2.13. The minimum absolute atomic E-state index is 0. The number of halogens is 1. The molecule has 0 aliphatic carbocycles. The van der Waals surface area contributed by atoms with E-state index in [1.165, 1.54) is 54.9 Å². The summed E-state index contributed by atoms with van der Waals surface area (Å²) in [7, 11) is 0. The summed E-state index contributed by atoms with van der Waals surface area (Å²) in [5.74, 6) is 0. The number of piperidine rings is 1. The third kappa shape index (κ3) is 4.23. The Labute approximate surface area is 140 Å². The van der Waals surface area contributed by atoms with Crippen LogP contribution in [-0.4, -0.2) is 18.1 Å². The summed E-state index contributed by atoms with van der Waals surface area (Å²) in [5.41, 5.74) is 5.30. The second-order valence-corrected chi connectivity index (χ2v) is 6.00. The van der Waals surface area contributed by atoms with Crippen LogP contribution in [0, 0.1) is 6.92 Å². The number of pyridine rings is 1. The molecule has 0 spiro atoms. The molecule has 1 aromatic carbocycles. The Kier molecular flexibility index (Phi) is 6.26. The molecule has 0 N–H and O–H groups in total. The van der Waals surface area contributed by atoms with E-state index in [0.29, 0.717) is 0 Å². The fraction of sp³-hybridized carbons (Fsp3) is 0.421. The van der Waals surface area contributed by atoms with Gasteiger partial charge in [-0.15, -0.1) is 12.4 Å². The molecule has 0 atom stereocenters. The van der Waals surface area contributed by atoms with E-state index in [1.807, 2.05) is 6.20 Å². The summed E-state index contributed by atoms with van der Waals surface area (Å²) in [4.78, 5) is 7.16. The maximum absolute atomic E-state index is 4.62. The Morgan fingerprint density at radius 3 is 2.45 bits per heavy atom. The van der Waals surface area contributed by atoms with Crippen LogP contribution < -0.4 is 4.90 Å². The molecule has 3 heteroatoms. The molecule has 1 aromatic heterocycles. The van der Waals surface area contributed by atoms with Gasteiger partial charge in [0.25, 0.3) is 0 Å². The molecule has 0 unspecified atom stereocenters. The van der Waals surface area contributed by atoms with Gasteiger partial charge in [0.05, 0.1) is 0 Å². The molecule has 0 bridgehead atoms. The highest BCUT2D eigenvalue weighted by molar-refractivity contribution is 5.85. The van der Waals surface area contributed by atoms with Crippen molar-refractivity contribution in [3.8, 4) is 0 Å². The van der Waals surface area contributed by atoms with Crippen molar-refractivity contribution in [3.05, 3.63) is 59.4 Å². The molecule has 2 heterocycles. The second-order valence-electron chi connectivity index (χ2n) is 6.00. The quantitative estimate of drug-likeness (QED) is 0.820. The van der Waals surface area contributed by atoms with Gasteiger partial charge in [-0.05, 0) is 56.2 Å². The minimum Gasteiger partial charge on any atom is -0.371 e. The molecule has 1 saturated heterocycles. The Morgan fingerprint density at radius 2 is 1.73 bits per heavy atom. The van der Waals surface area contributed by atoms with Crippen molar-refractivity contribution >= 4 is 18.1 Å². The molecule has 0 amide bonds. The largest absolute Gasteiger partial charge is 0.371 e. The van der Waals surface area contributed by atoms with Crippen molar-refractivity contribution in [3.63, 3.8) is 0 Å². The van der Waals surface area contributed by atoms with E-state index < -0.39 is 0 Å². The highest BCUT2D eigenvalue weighted by atomic mass is 35.5. The molecule has 2 nitrogen and oxygen atoms in total. The number of anilines is 1. The van der Waals surface area contributed by atoms with Gasteiger partial charge >= 0.3 is 0 Å². The number of benzene rings is 1. The summed E-state index contributed by atoms with van der Waals surface area (Å²) in [6.07, 6.45) is 8.15. The summed E-state index contributed by atoms with van der Waals surface area (Å²) in [5, 5.41) is 0. The van der Waals surface area contributed by atoms with Crippen molar-refractivity contribution in [2.75, 3.05) is 18.0 Å². The maximum atomic E-state index is 4.62. The lowest BCUT2D eigenvalue weighted by atomic mass is 10.1. The highest BCUT2D eigenvalue weighted by Crippen LogP contribution is 2.24. The van der Waals surface area contributed by atoms with E-state index in [0.717, 1.165) is 12.8 Å². The summed E-state index contributed by atoms with van der Waals surface area (Å²) in [6, 6.07) is 13.0. The van der Waals surface area contributed by atoms with Crippen LogP contribution in [0.2, 0.25) is 0 Å². The molecule has 1 aliphatic rings. The van der Waals surface area contributed by atoms with Crippen molar-refractivity contribution < 1.29 is 0 Å². The fourth-order valence-corrected chi connectivity index (χ4v) is 3.08. The zero-order valence-corrected chi connectivity index (χ0v) is 14.1. The van der Waals surface area contributed by atoms with Crippen LogP contribution in [0.15, 0.2) is 42.6 Å². The smallest absolute Gasteiger partial charge is 0.0429 e. The van der Waals surface area contributed by atoms with Crippen molar-refractivity contribution in [2.45, 2.75) is 39.0 Å². The van der Waals surface area contributed by atoms with Gasteiger partial charge in [0.2, 0.25) is 0 Å². The van der Waals surface area contributed by atoms with Crippen molar-refractivity contribution in [1.29, 1.82) is 0 Å². The minimum atomic E-state index is 0. The predicted octanol–water partition coefficient (Wildman–Crippen LogP) is 4.59. The van der Waals surface area contributed by atoms with Crippen LogP contribution in [-0.2, 0) is 12.8 Å². The first kappa shape index (κ1) is 16.8. The standard InChI is InChI=1S/C19H24N2.ClH/c1-16-15-20-18(11-10-17-8-4-2-5-9-17)14-19(16)21-12-6-3-7-13-21;/h2,4-5,8-9,14-15H,3,6-7,10-13H2,1H3;1H. The molecule has 0 saturated carbocycles. The Balaban J connectivity index is 0.00000176. The van der Waals surface area contributed by atoms with Gasteiger partial charge in [-0.25, -0.2) is 0 Å². The van der Waals surface area contributed by atoms with Crippen LogP contribution >= 0.6 is 12.4 Å². The summed E-state index contributed by atoms with van der Waals surface area (Å²) in [6.45, 7) is 4.57. The number of rotatable bonds is 4. The van der Waals surface area contributed by atoms with E-state index in [-0.39, 0.29) is 12.4 Å². The average molecular weight is 317 g/mol. The molecular weight excluding hydrogens is 292 g/mol. The molecular formula is C19H25ClN2. The van der Waals surface area contributed by atoms with Crippen molar-refractivity contribution in [1.82, 2.24) is 4.98 Å². The van der Waals surface area contributed by atoms with Crippen LogP contribution in [0.3, 0.4) is 0 Å². The monoisotopic (exact) mass is 316 g/mol. The Bertz CT molecular complexity index is 577. The summed E-state index contributed by atoms with van der Waals surface area (Å²) >= 11 is 0. The first-order valence-electron chi connectivity index (χ1n) is 8.07. The molecule has 118 valence electrons. The lowest BCUT2D eigenvalue weighted by molar-refractivity contribution is 0.576. The molecule has 0 radical (unpaired) electrons. The van der Waals surface area contributed by atoms with E-state index in [9.17, 15) is 0 Å². The van der Waals surface area contributed by atoms with E-state index >= 15 is 0 Å². The van der Waals surface area contributed by atoms with Crippen LogP contribution in [0.1, 0.15) is 36.1 Å². The van der Waals surface area contributed by atoms with E-state index in [1.54, 1.807) is 0 Å². The van der Waals surface area contributed by atoms with Gasteiger partial charge in [0, 0.05) is 30.7 Å². The number of hydrogen-bond acceptors (Lipinski definition) is 2. The molecule has 3 rings (SSSR count). The Morgan fingerprint density at radius 1 is 1.00 bits per heavy atom. The second kappa shape index (κ2) is 8.19. The summed E-state index contributed by atoms with van der Waals surface area (Å²) < 4.78 is 0.